The van der Waals surface area contributed by atoms with Crippen molar-refractivity contribution in [2.45, 2.75) is 49.4 Å². The summed E-state index contributed by atoms with van der Waals surface area (Å²) in [6.45, 7) is 5.53. The van der Waals surface area contributed by atoms with Gasteiger partial charge in [-0.05, 0) is 50.8 Å². The first kappa shape index (κ1) is 15.4. The van der Waals surface area contributed by atoms with Gasteiger partial charge in [0.25, 0.3) is 0 Å². The number of aliphatic hydroxyl groups is 1. The number of benzene rings is 1. The second-order valence-electron chi connectivity index (χ2n) is 5.39. The maximum Gasteiger partial charge on any atom is 0.235 e. The second-order valence-corrected chi connectivity index (χ2v) is 6.81. The van der Waals surface area contributed by atoms with Gasteiger partial charge >= 0.3 is 0 Å². The fourth-order valence-electron chi connectivity index (χ4n) is 2.47. The molecule has 0 spiro atoms. The van der Waals surface area contributed by atoms with Crippen LogP contribution in [0.2, 0.25) is 0 Å². The van der Waals surface area contributed by atoms with E-state index < -0.39 is 6.10 Å². The van der Waals surface area contributed by atoms with E-state index in [1.807, 2.05) is 36.1 Å². The molecule has 1 heterocycles. The minimum atomic E-state index is -0.469. The van der Waals surface area contributed by atoms with Gasteiger partial charge in [0.1, 0.15) is 0 Å². The van der Waals surface area contributed by atoms with Gasteiger partial charge in [0.15, 0.2) is 0 Å². The molecular formula is C16H23NO2S. The van der Waals surface area contributed by atoms with Crippen molar-refractivity contribution in [2.24, 2.45) is 0 Å². The number of piperidine rings is 1. The van der Waals surface area contributed by atoms with E-state index in [0.717, 1.165) is 36.4 Å². The number of hydrogen-bond acceptors (Lipinski definition) is 3. The molecule has 1 amide bonds. The molecule has 1 aliphatic rings. The van der Waals surface area contributed by atoms with Gasteiger partial charge in [-0.25, -0.2) is 0 Å². The number of amides is 1. The molecule has 1 N–H and O–H groups in total. The fourth-order valence-corrected chi connectivity index (χ4v) is 3.49. The highest BCUT2D eigenvalue weighted by Crippen LogP contribution is 2.27. The monoisotopic (exact) mass is 293 g/mol. The van der Waals surface area contributed by atoms with E-state index in [4.69, 9.17) is 0 Å². The lowest BCUT2D eigenvalue weighted by molar-refractivity contribution is -0.131. The maximum absolute atomic E-state index is 12.4. The summed E-state index contributed by atoms with van der Waals surface area (Å²) in [5.74, 6) is 0.233. The Bertz CT molecular complexity index is 456. The Morgan fingerprint density at radius 1 is 1.25 bits per heavy atom. The first-order valence-electron chi connectivity index (χ1n) is 7.31. The lowest BCUT2D eigenvalue weighted by Gasteiger charge is -2.29. The Morgan fingerprint density at radius 2 is 1.95 bits per heavy atom. The summed E-state index contributed by atoms with van der Waals surface area (Å²) >= 11 is 1.57. The lowest BCUT2D eigenvalue weighted by atomic mass is 10.1. The van der Waals surface area contributed by atoms with E-state index in [0.29, 0.717) is 0 Å². The van der Waals surface area contributed by atoms with Crippen LogP contribution in [0.1, 0.15) is 44.8 Å². The van der Waals surface area contributed by atoms with Gasteiger partial charge in [-0.2, -0.15) is 0 Å². The zero-order valence-corrected chi connectivity index (χ0v) is 13.0. The van der Waals surface area contributed by atoms with Crippen molar-refractivity contribution in [3.8, 4) is 0 Å². The number of rotatable bonds is 4. The molecule has 0 saturated carbocycles. The molecular weight excluding hydrogens is 270 g/mol. The van der Waals surface area contributed by atoms with Crippen LogP contribution < -0.4 is 0 Å². The molecule has 0 aliphatic carbocycles. The quantitative estimate of drug-likeness (QED) is 0.866. The van der Waals surface area contributed by atoms with Crippen LogP contribution >= 0.6 is 11.8 Å². The largest absolute Gasteiger partial charge is 0.389 e. The number of aliphatic hydroxyl groups excluding tert-OH is 1. The van der Waals surface area contributed by atoms with Crippen LogP contribution in [0.3, 0.4) is 0 Å². The highest BCUT2D eigenvalue weighted by molar-refractivity contribution is 8.00. The van der Waals surface area contributed by atoms with Crippen molar-refractivity contribution in [1.82, 2.24) is 4.90 Å². The van der Waals surface area contributed by atoms with E-state index in [1.54, 1.807) is 18.7 Å². The Balaban J connectivity index is 1.97. The van der Waals surface area contributed by atoms with E-state index in [1.165, 1.54) is 6.42 Å². The Morgan fingerprint density at radius 3 is 2.60 bits per heavy atom. The highest BCUT2D eigenvalue weighted by atomic mass is 32.2. The average molecular weight is 293 g/mol. The predicted molar refractivity (Wildman–Crippen MR) is 82.8 cm³/mol. The normalized spacial score (nSPS) is 18.6. The minimum Gasteiger partial charge on any atom is -0.389 e. The first-order valence-corrected chi connectivity index (χ1v) is 8.19. The second kappa shape index (κ2) is 7.14. The van der Waals surface area contributed by atoms with E-state index in [9.17, 15) is 9.90 Å². The van der Waals surface area contributed by atoms with Crippen LogP contribution in [0.25, 0.3) is 0 Å². The summed E-state index contributed by atoms with van der Waals surface area (Å²) in [4.78, 5) is 15.4. The van der Waals surface area contributed by atoms with Gasteiger partial charge < -0.3 is 10.0 Å². The van der Waals surface area contributed by atoms with Crippen LogP contribution in [-0.4, -0.2) is 34.3 Å². The topological polar surface area (TPSA) is 40.5 Å². The molecule has 4 heteroatoms. The lowest BCUT2D eigenvalue weighted by Crippen LogP contribution is -2.40. The molecule has 110 valence electrons. The molecule has 1 fully saturated rings. The smallest absolute Gasteiger partial charge is 0.235 e. The molecule has 1 aromatic rings. The maximum atomic E-state index is 12.4. The first-order chi connectivity index (χ1) is 9.58. The Kier molecular flexibility index (Phi) is 5.49. The van der Waals surface area contributed by atoms with E-state index in [-0.39, 0.29) is 11.2 Å². The summed E-state index contributed by atoms with van der Waals surface area (Å²) in [6, 6.07) is 7.81. The van der Waals surface area contributed by atoms with Crippen molar-refractivity contribution < 1.29 is 9.90 Å². The number of hydrogen-bond donors (Lipinski definition) is 1. The zero-order chi connectivity index (χ0) is 14.5. The van der Waals surface area contributed by atoms with Crippen molar-refractivity contribution >= 4 is 17.7 Å². The minimum absolute atomic E-state index is 0.0719. The molecule has 1 aromatic carbocycles. The Hall–Kier alpha value is -1.00. The average Bonchev–Trinajstić information content (AvgIpc) is 2.47. The molecule has 1 saturated heterocycles. The summed E-state index contributed by atoms with van der Waals surface area (Å²) in [5, 5.41) is 9.54. The van der Waals surface area contributed by atoms with Gasteiger partial charge in [0.05, 0.1) is 11.4 Å². The third-order valence-corrected chi connectivity index (χ3v) is 4.75. The number of carbonyl (C=O) groups is 1. The van der Waals surface area contributed by atoms with Crippen LogP contribution in [0.4, 0.5) is 0 Å². The fraction of sp³-hybridized carbons (Fsp3) is 0.562. The van der Waals surface area contributed by atoms with Crippen molar-refractivity contribution in [3.63, 3.8) is 0 Å². The molecule has 2 atom stereocenters. The standard InChI is InChI=1S/C16H23NO2S/c1-12(18)14-7-6-8-15(11-14)20-13(2)16(19)17-9-4-3-5-10-17/h6-8,11-13,18H,3-5,9-10H2,1-2H3. The Labute approximate surface area is 125 Å². The summed E-state index contributed by atoms with van der Waals surface area (Å²) < 4.78 is 0. The molecule has 2 unspecified atom stereocenters. The van der Waals surface area contributed by atoms with Crippen LogP contribution in [0.5, 0.6) is 0 Å². The number of thioether (sulfide) groups is 1. The zero-order valence-electron chi connectivity index (χ0n) is 12.2. The third kappa shape index (κ3) is 4.00. The summed E-state index contributed by atoms with van der Waals surface area (Å²) in [6.07, 6.45) is 3.02. The van der Waals surface area contributed by atoms with Crippen molar-refractivity contribution in [3.05, 3.63) is 29.8 Å². The van der Waals surface area contributed by atoms with Crippen molar-refractivity contribution in [1.29, 1.82) is 0 Å². The summed E-state index contributed by atoms with van der Waals surface area (Å²) in [5.41, 5.74) is 0.896. The molecule has 3 nitrogen and oxygen atoms in total. The van der Waals surface area contributed by atoms with Gasteiger partial charge in [-0.3, -0.25) is 4.79 Å². The third-order valence-electron chi connectivity index (χ3n) is 3.67. The molecule has 0 bridgehead atoms. The molecule has 20 heavy (non-hydrogen) atoms. The highest BCUT2D eigenvalue weighted by Gasteiger charge is 2.22. The molecule has 0 aromatic heterocycles. The molecule has 1 aliphatic heterocycles. The van der Waals surface area contributed by atoms with Crippen LogP contribution in [0.15, 0.2) is 29.2 Å². The summed E-state index contributed by atoms with van der Waals surface area (Å²) in [7, 11) is 0. The number of likely N-dealkylation sites (tertiary alicyclic amines) is 1. The SMILES string of the molecule is CC(Sc1cccc(C(C)O)c1)C(=O)N1CCCCC1. The predicted octanol–water partition coefficient (Wildman–Crippen LogP) is 3.23. The number of nitrogens with zero attached hydrogens (tertiary/aromatic N) is 1. The number of carbonyl (C=O) groups excluding carboxylic acids is 1. The molecule has 2 rings (SSSR count). The molecule has 0 radical (unpaired) electrons. The van der Waals surface area contributed by atoms with Gasteiger partial charge in [-0.1, -0.05) is 12.1 Å². The van der Waals surface area contributed by atoms with Gasteiger partial charge in [-0.15, -0.1) is 11.8 Å². The van der Waals surface area contributed by atoms with E-state index >= 15 is 0 Å². The van der Waals surface area contributed by atoms with Crippen molar-refractivity contribution in [2.75, 3.05) is 13.1 Å². The van der Waals surface area contributed by atoms with Crippen LogP contribution in [-0.2, 0) is 4.79 Å². The van der Waals surface area contributed by atoms with Gasteiger partial charge in [0, 0.05) is 18.0 Å². The van der Waals surface area contributed by atoms with Crippen LogP contribution in [0, 0.1) is 0 Å². The van der Waals surface area contributed by atoms with E-state index in [2.05, 4.69) is 0 Å². The van der Waals surface area contributed by atoms with Gasteiger partial charge in [0.2, 0.25) is 5.91 Å².